The summed E-state index contributed by atoms with van der Waals surface area (Å²) < 4.78 is 11.5. The van der Waals surface area contributed by atoms with Gasteiger partial charge in [-0.25, -0.2) is 0 Å². The Morgan fingerprint density at radius 2 is 2.00 bits per heavy atom. The van der Waals surface area contributed by atoms with Crippen LogP contribution in [-0.2, 0) is 19.1 Å². The Hall–Kier alpha value is -0.900. The zero-order valence-electron chi connectivity index (χ0n) is 14.7. The molecule has 1 saturated heterocycles. The van der Waals surface area contributed by atoms with Crippen LogP contribution in [0.25, 0.3) is 0 Å². The third-order valence-electron chi connectivity index (χ3n) is 8.31. The van der Waals surface area contributed by atoms with E-state index in [4.69, 9.17) is 9.47 Å². The lowest BCUT2D eigenvalue weighted by Crippen LogP contribution is -2.51. The molecule has 4 nitrogen and oxygen atoms in total. The van der Waals surface area contributed by atoms with Crippen LogP contribution in [0.3, 0.4) is 0 Å². The lowest BCUT2D eigenvalue weighted by atomic mass is 9.50. The smallest absolute Gasteiger partial charge is 0.302 e. The number of esters is 1. The Morgan fingerprint density at radius 3 is 2.79 bits per heavy atom. The average Bonchev–Trinajstić information content (AvgIpc) is 3.27. The van der Waals surface area contributed by atoms with Gasteiger partial charge in [-0.15, -0.1) is 0 Å². The maximum atomic E-state index is 12.1. The third kappa shape index (κ3) is 2.01. The second-order valence-corrected chi connectivity index (χ2v) is 9.26. The molecule has 5 fully saturated rings. The standard InChI is InChI=1S/C20H28O4/c1-10(21)23-16-6-5-14-12-4-3-11-9-15(22)18-19(24-18)17(11)13(12)7-8-20(14,16)2/h11-14,16-19H,3-9H2,1-2H3/t11-,12+,13-,14-,16-,17-,18+,19-,20-/m0/s1. The van der Waals surface area contributed by atoms with Crippen molar-refractivity contribution in [3.63, 3.8) is 0 Å². The van der Waals surface area contributed by atoms with Crippen LogP contribution in [0.4, 0.5) is 0 Å². The molecule has 0 aromatic heterocycles. The van der Waals surface area contributed by atoms with Gasteiger partial charge in [0.1, 0.15) is 12.2 Å². The van der Waals surface area contributed by atoms with Crippen molar-refractivity contribution in [3.05, 3.63) is 0 Å². The van der Waals surface area contributed by atoms with Crippen LogP contribution in [0.2, 0.25) is 0 Å². The van der Waals surface area contributed by atoms with Gasteiger partial charge in [0.2, 0.25) is 0 Å². The molecule has 5 rings (SSSR count). The van der Waals surface area contributed by atoms with Crippen LogP contribution in [0.15, 0.2) is 0 Å². The molecule has 0 aromatic rings. The number of ether oxygens (including phenoxy) is 2. The number of Topliss-reactive ketones (excluding diaryl/α,β-unsaturated/α-hetero) is 1. The first-order valence-electron chi connectivity index (χ1n) is 9.84. The summed E-state index contributed by atoms with van der Waals surface area (Å²) in [6.45, 7) is 3.90. The molecule has 0 radical (unpaired) electrons. The highest BCUT2D eigenvalue weighted by atomic mass is 16.6. The molecule has 0 spiro atoms. The van der Waals surface area contributed by atoms with E-state index in [-0.39, 0.29) is 29.7 Å². The van der Waals surface area contributed by atoms with Gasteiger partial charge in [-0.05, 0) is 68.1 Å². The largest absolute Gasteiger partial charge is 0.462 e. The van der Waals surface area contributed by atoms with Gasteiger partial charge in [0, 0.05) is 18.8 Å². The van der Waals surface area contributed by atoms with Crippen molar-refractivity contribution < 1.29 is 19.1 Å². The van der Waals surface area contributed by atoms with Gasteiger partial charge in [-0.1, -0.05) is 6.92 Å². The molecule has 5 aliphatic rings. The molecule has 1 aliphatic heterocycles. The Bertz CT molecular complexity index is 586. The molecule has 9 atom stereocenters. The van der Waals surface area contributed by atoms with Crippen molar-refractivity contribution >= 4 is 11.8 Å². The maximum Gasteiger partial charge on any atom is 0.302 e. The van der Waals surface area contributed by atoms with Gasteiger partial charge in [0.05, 0.1) is 6.10 Å². The molecule has 132 valence electrons. The van der Waals surface area contributed by atoms with E-state index in [1.54, 1.807) is 0 Å². The number of hydrogen-bond donors (Lipinski definition) is 0. The minimum absolute atomic E-state index is 0.0596. The van der Waals surface area contributed by atoms with Crippen molar-refractivity contribution in [2.45, 2.75) is 77.1 Å². The van der Waals surface area contributed by atoms with E-state index >= 15 is 0 Å². The number of ketones is 1. The summed E-state index contributed by atoms with van der Waals surface area (Å²) >= 11 is 0. The van der Waals surface area contributed by atoms with E-state index in [9.17, 15) is 9.59 Å². The minimum atomic E-state index is -0.132. The summed E-state index contributed by atoms with van der Waals surface area (Å²) in [4.78, 5) is 23.6. The number of epoxide rings is 1. The van der Waals surface area contributed by atoms with Gasteiger partial charge in [0.25, 0.3) is 0 Å². The van der Waals surface area contributed by atoms with Gasteiger partial charge in [0.15, 0.2) is 5.78 Å². The Kier molecular flexibility index (Phi) is 3.24. The van der Waals surface area contributed by atoms with E-state index < -0.39 is 0 Å². The van der Waals surface area contributed by atoms with Crippen LogP contribution in [-0.4, -0.2) is 30.1 Å². The molecular formula is C20H28O4. The fraction of sp³-hybridized carbons (Fsp3) is 0.900. The average molecular weight is 332 g/mol. The van der Waals surface area contributed by atoms with E-state index in [0.717, 1.165) is 31.1 Å². The van der Waals surface area contributed by atoms with Crippen LogP contribution in [0, 0.1) is 35.0 Å². The van der Waals surface area contributed by atoms with Crippen molar-refractivity contribution in [1.82, 2.24) is 0 Å². The summed E-state index contributed by atoms with van der Waals surface area (Å²) in [5.74, 6) is 3.55. The van der Waals surface area contributed by atoms with E-state index in [0.29, 0.717) is 23.5 Å². The summed E-state index contributed by atoms with van der Waals surface area (Å²) in [6, 6.07) is 0. The van der Waals surface area contributed by atoms with Crippen molar-refractivity contribution in [2.75, 3.05) is 0 Å². The van der Waals surface area contributed by atoms with Crippen LogP contribution >= 0.6 is 0 Å². The van der Waals surface area contributed by atoms with E-state index in [2.05, 4.69) is 6.92 Å². The fourth-order valence-electron chi connectivity index (χ4n) is 7.30. The van der Waals surface area contributed by atoms with E-state index in [1.165, 1.54) is 32.6 Å². The molecule has 4 saturated carbocycles. The highest BCUT2D eigenvalue weighted by molar-refractivity contribution is 5.87. The first-order valence-corrected chi connectivity index (χ1v) is 9.84. The number of fused-ring (bicyclic) bond motifs is 7. The molecule has 24 heavy (non-hydrogen) atoms. The van der Waals surface area contributed by atoms with E-state index in [1.807, 2.05) is 0 Å². The van der Waals surface area contributed by atoms with Crippen LogP contribution < -0.4 is 0 Å². The number of hydrogen-bond acceptors (Lipinski definition) is 4. The number of carbonyl (C=O) groups is 2. The second-order valence-electron chi connectivity index (χ2n) is 9.26. The lowest BCUT2D eigenvalue weighted by Gasteiger charge is -2.54. The molecule has 0 unspecified atom stereocenters. The Balaban J connectivity index is 1.39. The molecule has 1 heterocycles. The van der Waals surface area contributed by atoms with Crippen molar-refractivity contribution in [3.8, 4) is 0 Å². The molecule has 0 N–H and O–H groups in total. The highest BCUT2D eigenvalue weighted by Crippen LogP contribution is 2.64. The fourth-order valence-corrected chi connectivity index (χ4v) is 7.30. The molecule has 4 heteroatoms. The molecule has 0 amide bonds. The Labute approximate surface area is 143 Å². The topological polar surface area (TPSA) is 55.9 Å². The molecule has 4 aliphatic carbocycles. The van der Waals surface area contributed by atoms with Gasteiger partial charge in [-0.3, -0.25) is 9.59 Å². The third-order valence-corrected chi connectivity index (χ3v) is 8.31. The number of carbonyl (C=O) groups excluding carboxylic acids is 2. The van der Waals surface area contributed by atoms with Gasteiger partial charge >= 0.3 is 5.97 Å². The Morgan fingerprint density at radius 1 is 1.17 bits per heavy atom. The summed E-state index contributed by atoms with van der Waals surface area (Å²) in [6.07, 6.45) is 8.08. The van der Waals surface area contributed by atoms with Crippen LogP contribution in [0.1, 0.15) is 58.8 Å². The zero-order valence-corrected chi connectivity index (χ0v) is 14.7. The second kappa shape index (κ2) is 5.06. The summed E-state index contributed by atoms with van der Waals surface area (Å²) in [7, 11) is 0. The number of rotatable bonds is 1. The van der Waals surface area contributed by atoms with Crippen LogP contribution in [0.5, 0.6) is 0 Å². The predicted octanol–water partition coefficient (Wildman–Crippen LogP) is 3.13. The van der Waals surface area contributed by atoms with Crippen molar-refractivity contribution in [2.24, 2.45) is 35.0 Å². The molecule has 0 bridgehead atoms. The zero-order chi connectivity index (χ0) is 16.6. The summed E-state index contributed by atoms with van der Waals surface area (Å²) in [5.41, 5.74) is 0.161. The highest BCUT2D eigenvalue weighted by Gasteiger charge is 2.64. The first kappa shape index (κ1) is 15.4. The maximum absolute atomic E-state index is 12.1. The van der Waals surface area contributed by atoms with Gasteiger partial charge in [-0.2, -0.15) is 0 Å². The summed E-state index contributed by atoms with van der Waals surface area (Å²) in [5, 5.41) is 0. The quantitative estimate of drug-likeness (QED) is 0.547. The van der Waals surface area contributed by atoms with Crippen molar-refractivity contribution in [1.29, 1.82) is 0 Å². The normalized spacial score (nSPS) is 55.0. The SMILES string of the molecule is CC(=O)O[C@H]1CC[C@H]2[C@@H]3CC[C@H]4CC(=O)[C@H]5O[C@H]5[C@@H]4[C@H]3CC[C@]12C. The molecular weight excluding hydrogens is 304 g/mol. The minimum Gasteiger partial charge on any atom is -0.462 e. The predicted molar refractivity (Wildman–Crippen MR) is 87.1 cm³/mol. The monoisotopic (exact) mass is 332 g/mol. The first-order chi connectivity index (χ1) is 11.5. The lowest BCUT2D eigenvalue weighted by molar-refractivity contribution is -0.157. The van der Waals surface area contributed by atoms with Gasteiger partial charge < -0.3 is 9.47 Å². The molecule has 0 aromatic carbocycles.